The van der Waals surface area contributed by atoms with E-state index >= 15 is 0 Å². The molecule has 0 aliphatic carbocycles. The zero-order valence-electron chi connectivity index (χ0n) is 6.28. The van der Waals surface area contributed by atoms with E-state index in [9.17, 15) is 4.79 Å². The van der Waals surface area contributed by atoms with E-state index in [4.69, 9.17) is 9.52 Å². The molecule has 2 aromatic rings. The number of carboxylic acid groups (broad SMARTS) is 1. The fourth-order valence-electron chi connectivity index (χ4n) is 0.791. The summed E-state index contributed by atoms with van der Waals surface area (Å²) in [5.41, 5.74) is 0. The first-order valence-electron chi connectivity index (χ1n) is 3.31. The average Bonchev–Trinajstić information content (AvgIpc) is 2.75. The molecule has 0 amide bonds. The fraction of sp³-hybridized carbons (Fsp3) is 0. The molecule has 13 heavy (non-hydrogen) atoms. The lowest BCUT2D eigenvalue weighted by atomic mass is 10.7. The van der Waals surface area contributed by atoms with Crippen molar-refractivity contribution in [3.8, 4) is 5.82 Å². The summed E-state index contributed by atoms with van der Waals surface area (Å²) >= 11 is 0. The number of oxazole rings is 1. The Morgan fingerprint density at radius 2 is 2.38 bits per heavy atom. The topological polar surface area (TPSA) is 94.0 Å². The molecule has 0 unspecified atom stereocenters. The van der Waals surface area contributed by atoms with Crippen molar-refractivity contribution in [2.45, 2.75) is 0 Å². The van der Waals surface area contributed by atoms with E-state index in [0.717, 1.165) is 0 Å². The van der Waals surface area contributed by atoms with Crippen molar-refractivity contribution in [1.82, 2.24) is 19.7 Å². The van der Waals surface area contributed by atoms with Crippen molar-refractivity contribution in [1.29, 1.82) is 0 Å². The van der Waals surface area contributed by atoms with Crippen molar-refractivity contribution in [2.24, 2.45) is 0 Å². The standard InChI is InChI=1S/C6H4N4O3/c11-6(12)5-7-2-10(9-5)4-1-13-3-8-4/h1-3H,(H,11,12). The monoisotopic (exact) mass is 180 g/mol. The fourth-order valence-corrected chi connectivity index (χ4v) is 0.791. The van der Waals surface area contributed by atoms with E-state index in [0.29, 0.717) is 5.82 Å². The normalized spacial score (nSPS) is 10.2. The van der Waals surface area contributed by atoms with Gasteiger partial charge in [-0.1, -0.05) is 0 Å². The van der Waals surface area contributed by atoms with Gasteiger partial charge >= 0.3 is 5.97 Å². The molecule has 1 N–H and O–H groups in total. The molecule has 0 saturated carbocycles. The van der Waals surface area contributed by atoms with Crippen molar-refractivity contribution in [3.63, 3.8) is 0 Å². The van der Waals surface area contributed by atoms with E-state index in [2.05, 4.69) is 15.1 Å². The number of rotatable bonds is 2. The summed E-state index contributed by atoms with van der Waals surface area (Å²) in [4.78, 5) is 17.7. The van der Waals surface area contributed by atoms with Crippen molar-refractivity contribution in [3.05, 3.63) is 24.8 Å². The van der Waals surface area contributed by atoms with Gasteiger partial charge in [-0.05, 0) is 0 Å². The van der Waals surface area contributed by atoms with Crippen LogP contribution in [0.15, 0.2) is 23.4 Å². The molecule has 0 bridgehead atoms. The van der Waals surface area contributed by atoms with Crippen LogP contribution in [0.25, 0.3) is 5.82 Å². The second-order valence-corrected chi connectivity index (χ2v) is 2.16. The summed E-state index contributed by atoms with van der Waals surface area (Å²) in [5.74, 6) is -1.06. The van der Waals surface area contributed by atoms with Crippen LogP contribution in [0.4, 0.5) is 0 Å². The smallest absolute Gasteiger partial charge is 0.375 e. The molecule has 0 radical (unpaired) electrons. The highest BCUT2D eigenvalue weighted by atomic mass is 16.4. The van der Waals surface area contributed by atoms with Crippen LogP contribution in [-0.2, 0) is 0 Å². The number of hydrogen-bond donors (Lipinski definition) is 1. The summed E-state index contributed by atoms with van der Waals surface area (Å²) in [6.45, 7) is 0. The minimum Gasteiger partial charge on any atom is -0.475 e. The molecule has 2 rings (SSSR count). The Morgan fingerprint density at radius 1 is 1.54 bits per heavy atom. The van der Waals surface area contributed by atoms with Gasteiger partial charge in [-0.25, -0.2) is 9.78 Å². The maximum absolute atomic E-state index is 10.4. The van der Waals surface area contributed by atoms with Gasteiger partial charge < -0.3 is 9.52 Å². The Morgan fingerprint density at radius 3 is 2.92 bits per heavy atom. The highest BCUT2D eigenvalue weighted by molar-refractivity contribution is 5.82. The molecule has 7 heteroatoms. The van der Waals surface area contributed by atoms with Crippen LogP contribution >= 0.6 is 0 Å². The molecule has 0 atom stereocenters. The molecular formula is C6H4N4O3. The van der Waals surface area contributed by atoms with Gasteiger partial charge in [-0.2, -0.15) is 9.67 Å². The number of aromatic carboxylic acids is 1. The third-order valence-electron chi connectivity index (χ3n) is 1.34. The third kappa shape index (κ3) is 1.26. The predicted octanol–water partition coefficient (Wildman–Crippen LogP) is -0.0465. The summed E-state index contributed by atoms with van der Waals surface area (Å²) in [6.07, 6.45) is 3.80. The van der Waals surface area contributed by atoms with Crippen LogP contribution in [-0.4, -0.2) is 30.8 Å². The zero-order valence-corrected chi connectivity index (χ0v) is 6.28. The minimum atomic E-state index is -1.18. The Labute approximate surface area is 71.7 Å². The molecule has 0 aromatic carbocycles. The number of carboxylic acids is 1. The summed E-state index contributed by atoms with van der Waals surface area (Å²) in [5, 5.41) is 12.1. The van der Waals surface area contributed by atoms with E-state index in [1.54, 1.807) is 0 Å². The van der Waals surface area contributed by atoms with Crippen LogP contribution in [0.2, 0.25) is 0 Å². The molecule has 0 saturated heterocycles. The number of hydrogen-bond acceptors (Lipinski definition) is 5. The second-order valence-electron chi connectivity index (χ2n) is 2.16. The molecule has 0 spiro atoms. The van der Waals surface area contributed by atoms with Gasteiger partial charge in [0.25, 0.3) is 5.82 Å². The minimum absolute atomic E-state index is 0.275. The van der Waals surface area contributed by atoms with Crippen LogP contribution in [0.3, 0.4) is 0 Å². The Balaban J connectivity index is 2.39. The molecule has 0 aliphatic rings. The summed E-state index contributed by atoms with van der Waals surface area (Å²) < 4.78 is 5.91. The number of aromatic nitrogens is 4. The number of carbonyl (C=O) groups is 1. The van der Waals surface area contributed by atoms with Crippen LogP contribution in [0.5, 0.6) is 0 Å². The molecule has 0 fully saturated rings. The van der Waals surface area contributed by atoms with E-state index in [-0.39, 0.29) is 5.82 Å². The lowest BCUT2D eigenvalue weighted by Crippen LogP contribution is -2.01. The van der Waals surface area contributed by atoms with E-state index in [1.807, 2.05) is 0 Å². The van der Waals surface area contributed by atoms with E-state index < -0.39 is 5.97 Å². The predicted molar refractivity (Wildman–Crippen MR) is 38.4 cm³/mol. The quantitative estimate of drug-likeness (QED) is 0.696. The highest BCUT2D eigenvalue weighted by Crippen LogP contribution is 2.01. The first kappa shape index (κ1) is 7.47. The second kappa shape index (κ2) is 2.70. The average molecular weight is 180 g/mol. The molecule has 0 aliphatic heterocycles. The van der Waals surface area contributed by atoms with Gasteiger partial charge in [0.05, 0.1) is 0 Å². The summed E-state index contributed by atoms with van der Waals surface area (Å²) in [6, 6.07) is 0. The van der Waals surface area contributed by atoms with Gasteiger partial charge in [-0.15, -0.1) is 5.10 Å². The first-order chi connectivity index (χ1) is 6.27. The van der Waals surface area contributed by atoms with Gasteiger partial charge in [0, 0.05) is 0 Å². The molecular weight excluding hydrogens is 176 g/mol. The van der Waals surface area contributed by atoms with Gasteiger partial charge in [0.15, 0.2) is 12.2 Å². The van der Waals surface area contributed by atoms with Crippen molar-refractivity contribution < 1.29 is 14.3 Å². The largest absolute Gasteiger partial charge is 0.475 e. The van der Waals surface area contributed by atoms with Gasteiger partial charge in [0.2, 0.25) is 0 Å². The van der Waals surface area contributed by atoms with Crippen LogP contribution in [0.1, 0.15) is 10.6 Å². The van der Waals surface area contributed by atoms with Crippen LogP contribution < -0.4 is 0 Å². The van der Waals surface area contributed by atoms with Crippen LogP contribution in [0, 0.1) is 0 Å². The Kier molecular flexibility index (Phi) is 1.55. The lowest BCUT2D eigenvalue weighted by molar-refractivity contribution is 0.0683. The third-order valence-corrected chi connectivity index (χ3v) is 1.34. The van der Waals surface area contributed by atoms with Crippen molar-refractivity contribution >= 4 is 5.97 Å². The molecule has 7 nitrogen and oxygen atoms in total. The molecule has 66 valence electrons. The van der Waals surface area contributed by atoms with Crippen molar-refractivity contribution in [2.75, 3.05) is 0 Å². The van der Waals surface area contributed by atoms with Gasteiger partial charge in [0.1, 0.15) is 12.6 Å². The SMILES string of the molecule is O=C(O)c1ncn(-c2cocn2)n1. The zero-order chi connectivity index (χ0) is 9.26. The first-order valence-corrected chi connectivity index (χ1v) is 3.31. The maximum atomic E-state index is 10.4. The summed E-state index contributed by atoms with van der Waals surface area (Å²) in [7, 11) is 0. The highest BCUT2D eigenvalue weighted by Gasteiger charge is 2.10. The van der Waals surface area contributed by atoms with Gasteiger partial charge in [-0.3, -0.25) is 0 Å². The van der Waals surface area contributed by atoms with E-state index in [1.165, 1.54) is 23.7 Å². The molecule has 2 heterocycles. The number of nitrogens with zero attached hydrogens (tertiary/aromatic N) is 4. The Bertz CT molecular complexity index is 419. The lowest BCUT2D eigenvalue weighted by Gasteiger charge is -1.88. The molecule has 2 aromatic heterocycles. The maximum Gasteiger partial charge on any atom is 0.375 e. The Hall–Kier alpha value is -2.18.